The summed E-state index contributed by atoms with van der Waals surface area (Å²) in [6.45, 7) is 11.3. The molecule has 1 N–H and O–H groups in total. The molecule has 1 fully saturated rings. The van der Waals surface area contributed by atoms with Gasteiger partial charge in [0.05, 0.1) is 0 Å². The van der Waals surface area contributed by atoms with Gasteiger partial charge in [-0.1, -0.05) is 12.1 Å². The maximum absolute atomic E-state index is 3.32. The maximum Gasteiger partial charge on any atom is 0.0366 e. The fraction of sp³-hybridized carbons (Fsp3) is 0.667. The molecule has 1 saturated heterocycles. The van der Waals surface area contributed by atoms with Crippen LogP contribution in [0.2, 0.25) is 0 Å². The molecule has 0 aromatic heterocycles. The molecule has 1 aliphatic rings. The standard InChI is InChI=1S/C18H31N3/c1-4-21(5-2)18-10-8-16(9-11-18)14-20-12-6-7-17(15-20)13-19-3/h8-11,17,19H,4-7,12-15H2,1-3H3. The summed E-state index contributed by atoms with van der Waals surface area (Å²) in [5.41, 5.74) is 2.78. The van der Waals surface area contributed by atoms with Crippen molar-refractivity contribution in [3.63, 3.8) is 0 Å². The number of piperidine rings is 1. The van der Waals surface area contributed by atoms with Gasteiger partial charge in [-0.3, -0.25) is 4.90 Å². The number of hydrogen-bond acceptors (Lipinski definition) is 3. The molecule has 1 atom stereocenters. The second-order valence-corrected chi connectivity index (χ2v) is 6.14. The highest BCUT2D eigenvalue weighted by molar-refractivity contribution is 5.47. The summed E-state index contributed by atoms with van der Waals surface area (Å²) in [6, 6.07) is 9.15. The Morgan fingerprint density at radius 2 is 1.90 bits per heavy atom. The second kappa shape index (κ2) is 8.40. The van der Waals surface area contributed by atoms with Crippen molar-refractivity contribution < 1.29 is 0 Å². The number of anilines is 1. The Bertz CT molecular complexity index is 395. The van der Waals surface area contributed by atoms with E-state index in [1.807, 2.05) is 0 Å². The van der Waals surface area contributed by atoms with E-state index in [4.69, 9.17) is 0 Å². The molecule has 0 spiro atoms. The van der Waals surface area contributed by atoms with E-state index in [-0.39, 0.29) is 0 Å². The number of nitrogens with zero attached hydrogens (tertiary/aromatic N) is 2. The van der Waals surface area contributed by atoms with Gasteiger partial charge < -0.3 is 10.2 Å². The first kappa shape index (κ1) is 16.3. The SMILES string of the molecule is CCN(CC)c1ccc(CN2CCCC(CNC)C2)cc1. The van der Waals surface area contributed by atoms with Crippen LogP contribution in [0, 0.1) is 5.92 Å². The molecule has 3 heteroatoms. The molecule has 3 nitrogen and oxygen atoms in total. The van der Waals surface area contributed by atoms with E-state index < -0.39 is 0 Å². The van der Waals surface area contributed by atoms with Crippen LogP contribution in [0.1, 0.15) is 32.3 Å². The minimum atomic E-state index is 0.818. The Morgan fingerprint density at radius 1 is 1.19 bits per heavy atom. The van der Waals surface area contributed by atoms with E-state index in [0.717, 1.165) is 32.1 Å². The van der Waals surface area contributed by atoms with Gasteiger partial charge >= 0.3 is 0 Å². The fourth-order valence-corrected chi connectivity index (χ4v) is 3.41. The smallest absolute Gasteiger partial charge is 0.0366 e. The van der Waals surface area contributed by atoms with Crippen molar-refractivity contribution in [2.45, 2.75) is 33.2 Å². The van der Waals surface area contributed by atoms with Gasteiger partial charge in [-0.15, -0.1) is 0 Å². The molecule has 2 rings (SSSR count). The van der Waals surface area contributed by atoms with Crippen molar-refractivity contribution >= 4 is 5.69 Å². The van der Waals surface area contributed by atoms with Gasteiger partial charge in [0, 0.05) is 31.9 Å². The van der Waals surface area contributed by atoms with Crippen LogP contribution in [0.25, 0.3) is 0 Å². The monoisotopic (exact) mass is 289 g/mol. The van der Waals surface area contributed by atoms with Crippen molar-refractivity contribution in [3.05, 3.63) is 29.8 Å². The molecule has 0 amide bonds. The highest BCUT2D eigenvalue weighted by Gasteiger charge is 2.19. The molecule has 118 valence electrons. The quantitative estimate of drug-likeness (QED) is 0.832. The van der Waals surface area contributed by atoms with E-state index in [9.17, 15) is 0 Å². The van der Waals surface area contributed by atoms with E-state index >= 15 is 0 Å². The van der Waals surface area contributed by atoms with E-state index in [2.05, 4.69) is 60.3 Å². The summed E-state index contributed by atoms with van der Waals surface area (Å²) in [4.78, 5) is 5.01. The van der Waals surface area contributed by atoms with Crippen LogP contribution in [0.4, 0.5) is 5.69 Å². The summed E-state index contributed by atoms with van der Waals surface area (Å²) in [5.74, 6) is 0.818. The Balaban J connectivity index is 1.90. The van der Waals surface area contributed by atoms with Crippen LogP contribution in [0.3, 0.4) is 0 Å². The van der Waals surface area contributed by atoms with E-state index in [0.29, 0.717) is 0 Å². The Kier molecular flexibility index (Phi) is 6.52. The third-order valence-electron chi connectivity index (χ3n) is 4.57. The molecular weight excluding hydrogens is 258 g/mol. The number of hydrogen-bond donors (Lipinski definition) is 1. The summed E-state index contributed by atoms with van der Waals surface area (Å²) in [7, 11) is 2.06. The first-order chi connectivity index (χ1) is 10.3. The molecule has 1 unspecified atom stereocenters. The molecule has 0 aliphatic carbocycles. The summed E-state index contributed by atoms with van der Waals surface area (Å²) >= 11 is 0. The lowest BCUT2D eigenvalue weighted by atomic mass is 9.97. The molecule has 1 aliphatic heterocycles. The van der Waals surface area contributed by atoms with Crippen LogP contribution in [-0.4, -0.2) is 44.7 Å². The van der Waals surface area contributed by atoms with Crippen molar-refractivity contribution in [1.29, 1.82) is 0 Å². The van der Waals surface area contributed by atoms with Crippen LogP contribution in [0.15, 0.2) is 24.3 Å². The van der Waals surface area contributed by atoms with Crippen LogP contribution < -0.4 is 10.2 Å². The lowest BCUT2D eigenvalue weighted by Crippen LogP contribution is -2.38. The van der Waals surface area contributed by atoms with Crippen LogP contribution >= 0.6 is 0 Å². The van der Waals surface area contributed by atoms with Gasteiger partial charge in [0.2, 0.25) is 0 Å². The third-order valence-corrected chi connectivity index (χ3v) is 4.57. The Labute approximate surface area is 130 Å². The Morgan fingerprint density at radius 3 is 2.52 bits per heavy atom. The largest absolute Gasteiger partial charge is 0.372 e. The summed E-state index contributed by atoms with van der Waals surface area (Å²) in [6.07, 6.45) is 2.71. The van der Waals surface area contributed by atoms with Crippen molar-refractivity contribution in [1.82, 2.24) is 10.2 Å². The first-order valence-corrected chi connectivity index (χ1v) is 8.47. The second-order valence-electron chi connectivity index (χ2n) is 6.14. The average molecular weight is 289 g/mol. The molecule has 0 bridgehead atoms. The molecule has 21 heavy (non-hydrogen) atoms. The minimum absolute atomic E-state index is 0.818. The van der Waals surface area contributed by atoms with Crippen molar-refractivity contribution in [2.24, 2.45) is 5.92 Å². The van der Waals surface area contributed by atoms with Gasteiger partial charge in [0.15, 0.2) is 0 Å². The van der Waals surface area contributed by atoms with E-state index in [1.54, 1.807) is 0 Å². The summed E-state index contributed by atoms with van der Waals surface area (Å²) < 4.78 is 0. The summed E-state index contributed by atoms with van der Waals surface area (Å²) in [5, 5.41) is 3.32. The molecule has 1 aromatic rings. The van der Waals surface area contributed by atoms with Gasteiger partial charge in [0.25, 0.3) is 0 Å². The zero-order valence-electron chi connectivity index (χ0n) is 13.9. The first-order valence-electron chi connectivity index (χ1n) is 8.47. The normalized spacial score (nSPS) is 19.7. The number of rotatable bonds is 7. The number of likely N-dealkylation sites (tertiary alicyclic amines) is 1. The molecule has 0 saturated carbocycles. The van der Waals surface area contributed by atoms with Crippen LogP contribution in [0.5, 0.6) is 0 Å². The van der Waals surface area contributed by atoms with Gasteiger partial charge in [-0.2, -0.15) is 0 Å². The molecule has 1 aromatic carbocycles. The van der Waals surface area contributed by atoms with E-state index in [1.165, 1.54) is 37.2 Å². The van der Waals surface area contributed by atoms with Crippen LogP contribution in [-0.2, 0) is 6.54 Å². The van der Waals surface area contributed by atoms with Crippen molar-refractivity contribution in [3.8, 4) is 0 Å². The third kappa shape index (κ3) is 4.72. The predicted octanol–water partition coefficient (Wildman–Crippen LogP) is 2.96. The lowest BCUT2D eigenvalue weighted by molar-refractivity contribution is 0.167. The zero-order valence-corrected chi connectivity index (χ0v) is 13.9. The minimum Gasteiger partial charge on any atom is -0.372 e. The molecular formula is C18H31N3. The number of nitrogens with one attached hydrogen (secondary N) is 1. The lowest BCUT2D eigenvalue weighted by Gasteiger charge is -2.32. The highest BCUT2D eigenvalue weighted by atomic mass is 15.1. The van der Waals surface area contributed by atoms with Crippen molar-refractivity contribution in [2.75, 3.05) is 44.7 Å². The zero-order chi connectivity index (χ0) is 15.1. The molecule has 0 radical (unpaired) electrons. The molecule has 1 heterocycles. The van der Waals surface area contributed by atoms with Gasteiger partial charge in [-0.25, -0.2) is 0 Å². The topological polar surface area (TPSA) is 18.5 Å². The maximum atomic E-state index is 3.32. The fourth-order valence-electron chi connectivity index (χ4n) is 3.41. The van der Waals surface area contributed by atoms with Gasteiger partial charge in [-0.05, 0) is 70.4 Å². The Hall–Kier alpha value is -1.06. The number of benzene rings is 1. The average Bonchev–Trinajstić information content (AvgIpc) is 2.51. The highest BCUT2D eigenvalue weighted by Crippen LogP contribution is 2.20. The predicted molar refractivity (Wildman–Crippen MR) is 91.9 cm³/mol. The van der Waals surface area contributed by atoms with Gasteiger partial charge in [0.1, 0.15) is 0 Å².